The van der Waals surface area contributed by atoms with E-state index in [4.69, 9.17) is 77.4 Å². The van der Waals surface area contributed by atoms with Crippen LogP contribution >= 0.6 is 34.8 Å². The number of aryl methyl sites for hydroxylation is 3. The van der Waals surface area contributed by atoms with Gasteiger partial charge in [0, 0.05) is 124 Å². The molecule has 6 fully saturated rings. The Labute approximate surface area is 755 Å². The first-order valence-electron chi connectivity index (χ1n) is 45.9. The van der Waals surface area contributed by atoms with Crippen molar-refractivity contribution in [2.24, 2.45) is 53.3 Å². The summed E-state index contributed by atoms with van der Waals surface area (Å²) in [5.41, 5.74) is 10.4. The lowest BCUT2D eigenvalue weighted by atomic mass is 9.67. The molecule has 3 amide bonds. The number of rotatable bonds is 0. The summed E-state index contributed by atoms with van der Waals surface area (Å²) in [6, 6.07) is 34.5. The number of hydrogen-bond donors (Lipinski definition) is 3. The van der Waals surface area contributed by atoms with E-state index in [1.807, 2.05) is 36.4 Å². The Hall–Kier alpha value is -6.99. The predicted octanol–water partition coefficient (Wildman–Crippen LogP) is 14.2. The van der Waals surface area contributed by atoms with E-state index in [0.29, 0.717) is 91.8 Å². The number of halogens is 3. The van der Waals surface area contributed by atoms with Crippen LogP contribution in [0.2, 0.25) is 15.1 Å². The first kappa shape index (κ1) is 88.3. The summed E-state index contributed by atoms with van der Waals surface area (Å²) in [5, 5.41) is 2.25. The Balaban J connectivity index is 0.000000123. The first-order valence-corrected chi connectivity index (χ1v) is 51.9. The molecule has 18 atom stereocenters. The largest absolute Gasteiger partial charge is 0.490 e. The van der Waals surface area contributed by atoms with Gasteiger partial charge in [0.2, 0.25) is 30.1 Å². The molecule has 678 valence electrons. The second-order valence-electron chi connectivity index (χ2n) is 39.1. The average molecular weight is 1850 g/mol. The van der Waals surface area contributed by atoms with Crippen LogP contribution in [0.25, 0.3) is 0 Å². The van der Waals surface area contributed by atoms with Crippen LogP contribution in [0.4, 0.5) is 17.1 Å². The number of carbonyl (C=O) groups is 3. The quantitative estimate of drug-likeness (QED) is 0.127. The van der Waals surface area contributed by atoms with Crippen molar-refractivity contribution in [3.63, 3.8) is 0 Å². The van der Waals surface area contributed by atoms with E-state index in [-0.39, 0.29) is 108 Å². The summed E-state index contributed by atoms with van der Waals surface area (Å²) in [6.45, 7) is 14.5. The molecule has 3 saturated heterocycles. The van der Waals surface area contributed by atoms with E-state index < -0.39 is 47.8 Å². The number of amides is 3. The fraction of sp³-hybridized carbons (Fsp3) is 0.594. The van der Waals surface area contributed by atoms with Gasteiger partial charge in [0.25, 0.3) is 17.7 Å². The number of sulfonamides is 3. The number of carbonyl (C=O) groups excluding carboxylic acids is 3. The van der Waals surface area contributed by atoms with E-state index in [1.54, 1.807) is 36.4 Å². The van der Waals surface area contributed by atoms with Crippen molar-refractivity contribution in [1.82, 2.24) is 14.2 Å². The molecular weight excluding hydrogens is 1730 g/mol. The molecule has 6 aromatic carbocycles. The number of hydrogen-bond acceptors (Lipinski definition) is 21. The molecule has 0 aromatic heterocycles. The van der Waals surface area contributed by atoms with Crippen molar-refractivity contribution in [1.29, 1.82) is 0 Å². The number of anilines is 3. The van der Waals surface area contributed by atoms with Crippen LogP contribution in [-0.4, -0.2) is 196 Å². The summed E-state index contributed by atoms with van der Waals surface area (Å²) in [5.74, 6) is 2.52. The average Bonchev–Trinajstić information content (AvgIpc) is 1.55. The van der Waals surface area contributed by atoms with Crippen LogP contribution in [0.5, 0.6) is 17.2 Å². The Morgan fingerprint density at radius 2 is 0.659 bits per heavy atom. The van der Waals surface area contributed by atoms with Gasteiger partial charge < -0.3 is 57.3 Å². The highest BCUT2D eigenvalue weighted by molar-refractivity contribution is 7.90. The molecule has 3 saturated carbocycles. The second kappa shape index (κ2) is 35.9. The van der Waals surface area contributed by atoms with E-state index in [2.05, 4.69) is 86.0 Å². The van der Waals surface area contributed by atoms with Gasteiger partial charge in [-0.1, -0.05) is 73.8 Å². The van der Waals surface area contributed by atoms with Crippen LogP contribution in [-0.2, 0) is 94.0 Å². The van der Waals surface area contributed by atoms with Crippen molar-refractivity contribution in [2.45, 2.75) is 189 Å². The zero-order valence-electron chi connectivity index (χ0n) is 72.1. The molecule has 24 nitrogen and oxygen atoms in total. The SMILES string of the molecule is C[C@@H]1CO[C@@H]2C[C@H]1OCCS(=O)(=O)NC(=O)c1ccc3c(c1)N(C[C@@H]1CC[C@H]12)C[C@@]1(CCCc2cc(Cl)ccc21)CO3.C[C@@H]1CO[C@H]2C[C@H]1OCCS(=O)(=O)NC(=O)c1ccc3c(c1)N(C[C@@H]1CC[C@H]12)C[C@@]1(CCCc2cc(Cl)ccc21)CO3.C[C@H]1CO[C@H]2C[C@H]1OCCS(=O)(=O)NC(=O)c1ccc3c(c1)N(C[C@@H]1CC[C@H]12)C[C@@]1(CCCc2cc(Cl)ccc21)CO3. The van der Waals surface area contributed by atoms with Crippen molar-refractivity contribution >= 4 is 99.7 Å². The lowest BCUT2D eigenvalue weighted by molar-refractivity contribution is -0.140. The Morgan fingerprint density at radius 1 is 0.365 bits per heavy atom. The lowest BCUT2D eigenvalue weighted by Crippen LogP contribution is -2.51. The molecule has 9 aliphatic heterocycles. The minimum atomic E-state index is -3.87. The van der Waals surface area contributed by atoms with E-state index >= 15 is 0 Å². The van der Waals surface area contributed by atoms with Crippen molar-refractivity contribution in [3.8, 4) is 17.2 Å². The van der Waals surface area contributed by atoms with Gasteiger partial charge in [-0.05, 0) is 256 Å². The molecule has 6 aromatic rings. The number of nitrogens with one attached hydrogen (secondary N) is 3. The van der Waals surface area contributed by atoms with Crippen molar-refractivity contribution in [2.75, 3.05) is 131 Å². The van der Waals surface area contributed by atoms with E-state index in [0.717, 1.165) is 204 Å². The Bertz CT molecular complexity index is 4980. The van der Waals surface area contributed by atoms with Gasteiger partial charge in [-0.15, -0.1) is 0 Å². The number of nitrogens with zero attached hydrogens (tertiary/aromatic N) is 3. The third-order valence-corrected chi connectivity index (χ3v) is 35.2. The summed E-state index contributed by atoms with van der Waals surface area (Å²) >= 11 is 19.2. The van der Waals surface area contributed by atoms with Crippen LogP contribution in [0.3, 0.4) is 0 Å². The van der Waals surface area contributed by atoms with Crippen molar-refractivity contribution < 1.29 is 82.3 Å². The molecule has 3 spiro atoms. The summed E-state index contributed by atoms with van der Waals surface area (Å²) in [4.78, 5) is 46.9. The summed E-state index contributed by atoms with van der Waals surface area (Å²) < 4.78 is 141. The maximum Gasteiger partial charge on any atom is 0.264 e. The molecule has 9 heterocycles. The van der Waals surface area contributed by atoms with E-state index in [9.17, 15) is 39.6 Å². The van der Waals surface area contributed by atoms with Crippen LogP contribution < -0.4 is 43.1 Å². The molecule has 21 rings (SSSR count). The third kappa shape index (κ3) is 18.3. The highest BCUT2D eigenvalue weighted by Gasteiger charge is 2.52. The fourth-order valence-electron chi connectivity index (χ4n) is 23.6. The summed E-state index contributed by atoms with van der Waals surface area (Å²) in [6.07, 6.45) is 18.2. The molecule has 6 aliphatic carbocycles. The Morgan fingerprint density at radius 3 is 0.937 bits per heavy atom. The standard InChI is InChI=1S/3C32H39ClN2O6S/c3*1-20-17-40-30-15-29(20)39-11-12-42(37,38)34-31(36)22-5-9-28-27(14-22)35(16-23-4-7-25(23)30)18-32(19-41-28)10-2-3-21-13-24(33)6-8-26(21)32/h3*5-6,8-9,13-14,20,23,25,29-30H,2-4,7,10-12,15-19H2,1H3,(H,34,36)/t20-,23+,25-,29-,30+,32+;20-,23+,25-,29-,30-,32+;20-,23-,25+,29+,30-,32-/m110/s1. The lowest BCUT2D eigenvalue weighted by Gasteiger charge is -2.48. The van der Waals surface area contributed by atoms with Gasteiger partial charge in [-0.3, -0.25) is 14.4 Å². The van der Waals surface area contributed by atoms with Crippen LogP contribution in [0, 0.1) is 53.3 Å². The maximum absolute atomic E-state index is 13.2. The topological polar surface area (TPSA) is 283 Å². The number of benzene rings is 6. The van der Waals surface area contributed by atoms with Crippen LogP contribution in [0.15, 0.2) is 109 Å². The van der Waals surface area contributed by atoms with Gasteiger partial charge in [0.05, 0.1) is 130 Å². The van der Waals surface area contributed by atoms with Crippen molar-refractivity contribution in [3.05, 3.63) is 174 Å². The van der Waals surface area contributed by atoms with Gasteiger partial charge in [-0.25, -0.2) is 39.4 Å². The number of ether oxygens (including phenoxy) is 9. The highest BCUT2D eigenvalue weighted by atomic mass is 35.5. The Kier molecular flexibility index (Phi) is 25.2. The smallest absolute Gasteiger partial charge is 0.264 e. The molecule has 15 aliphatic rings. The molecule has 12 bridgehead atoms. The zero-order chi connectivity index (χ0) is 87.2. The minimum Gasteiger partial charge on any atom is -0.490 e. The normalized spacial score (nSPS) is 34.2. The molecule has 30 heteroatoms. The van der Waals surface area contributed by atoms with Gasteiger partial charge in [-0.2, -0.15) is 0 Å². The molecule has 0 unspecified atom stereocenters. The predicted molar refractivity (Wildman–Crippen MR) is 483 cm³/mol. The number of fused-ring (bicyclic) bond motifs is 21. The van der Waals surface area contributed by atoms with Crippen LogP contribution in [0.1, 0.15) is 182 Å². The van der Waals surface area contributed by atoms with Gasteiger partial charge in [0.1, 0.15) is 17.2 Å². The zero-order valence-corrected chi connectivity index (χ0v) is 76.8. The molecule has 0 radical (unpaired) electrons. The third-order valence-electron chi connectivity index (χ3n) is 30.9. The molecular formula is C96H117Cl3N6O18S3. The molecule has 126 heavy (non-hydrogen) atoms. The maximum atomic E-state index is 13.2. The monoisotopic (exact) mass is 1840 g/mol. The highest BCUT2D eigenvalue weighted by Crippen LogP contribution is 2.54. The van der Waals surface area contributed by atoms with E-state index in [1.165, 1.54) is 33.4 Å². The fourth-order valence-corrected chi connectivity index (χ4v) is 26.6. The first-order chi connectivity index (χ1) is 60.6. The summed E-state index contributed by atoms with van der Waals surface area (Å²) in [7, 11) is -11.6. The molecule has 3 N–H and O–H groups in total. The second-order valence-corrected chi connectivity index (χ2v) is 45.9. The van der Waals surface area contributed by atoms with Gasteiger partial charge in [0.15, 0.2) is 0 Å². The van der Waals surface area contributed by atoms with Gasteiger partial charge >= 0.3 is 0 Å². The minimum absolute atomic E-state index is 0.0407.